The molecule has 0 aromatic heterocycles. The summed E-state index contributed by atoms with van der Waals surface area (Å²) in [6.07, 6.45) is 1.46. The van der Waals surface area contributed by atoms with Crippen molar-refractivity contribution in [3.05, 3.63) is 0 Å². The minimum Gasteiger partial charge on any atom is -0.481 e. The van der Waals surface area contributed by atoms with E-state index in [2.05, 4.69) is 0 Å². The van der Waals surface area contributed by atoms with Crippen LogP contribution in [0.5, 0.6) is 0 Å². The number of hydrogen-bond acceptors (Lipinski definition) is 5. The Labute approximate surface area is 113 Å². The molecule has 7 nitrogen and oxygen atoms in total. The maximum absolute atomic E-state index is 11.9. The third-order valence-corrected chi connectivity index (χ3v) is 6.52. The molecule has 0 aromatic rings. The van der Waals surface area contributed by atoms with Crippen LogP contribution in [0.4, 0.5) is 0 Å². The Morgan fingerprint density at radius 2 is 1.63 bits per heavy atom. The molecule has 1 aliphatic rings. The van der Waals surface area contributed by atoms with Gasteiger partial charge in [-0.2, -0.15) is 0 Å². The molecule has 1 fully saturated rings. The van der Waals surface area contributed by atoms with Crippen molar-refractivity contribution in [2.75, 3.05) is 30.9 Å². The van der Waals surface area contributed by atoms with E-state index in [0.29, 0.717) is 0 Å². The van der Waals surface area contributed by atoms with Crippen LogP contribution in [0.3, 0.4) is 0 Å². The fourth-order valence-corrected chi connectivity index (χ4v) is 4.91. The van der Waals surface area contributed by atoms with E-state index in [1.807, 2.05) is 0 Å². The molecule has 1 rings (SSSR count). The van der Waals surface area contributed by atoms with E-state index < -0.39 is 42.8 Å². The largest absolute Gasteiger partial charge is 0.481 e. The Morgan fingerprint density at radius 3 is 2.00 bits per heavy atom. The van der Waals surface area contributed by atoms with Crippen LogP contribution in [0.2, 0.25) is 0 Å². The van der Waals surface area contributed by atoms with E-state index in [1.54, 1.807) is 6.92 Å². The van der Waals surface area contributed by atoms with Crippen molar-refractivity contribution in [2.24, 2.45) is 5.41 Å². The standard InChI is InChI=1S/C10H19NO6S2/c1-10(9(12)13)3-5-11(6-4-10)19(16,17)8-7-18(2,14)15/h3-8H2,1-2H3,(H,12,13). The summed E-state index contributed by atoms with van der Waals surface area (Å²) < 4.78 is 47.0. The quantitative estimate of drug-likeness (QED) is 0.736. The third kappa shape index (κ3) is 4.43. The fraction of sp³-hybridized carbons (Fsp3) is 0.900. The average molecular weight is 313 g/mol. The first-order valence-corrected chi connectivity index (χ1v) is 9.52. The van der Waals surface area contributed by atoms with Crippen LogP contribution in [0.1, 0.15) is 19.8 Å². The van der Waals surface area contributed by atoms with Gasteiger partial charge in [0.15, 0.2) is 0 Å². The molecule has 0 saturated carbocycles. The normalized spacial score (nSPS) is 21.2. The summed E-state index contributed by atoms with van der Waals surface area (Å²) in [6.45, 7) is 1.83. The molecule has 0 aromatic carbocycles. The topological polar surface area (TPSA) is 109 Å². The Balaban J connectivity index is 2.67. The zero-order valence-electron chi connectivity index (χ0n) is 11.0. The lowest BCUT2D eigenvalue weighted by Crippen LogP contribution is -2.46. The van der Waals surface area contributed by atoms with Crippen LogP contribution in [-0.2, 0) is 24.7 Å². The van der Waals surface area contributed by atoms with Crippen LogP contribution < -0.4 is 0 Å². The minimum atomic E-state index is -3.63. The number of aliphatic carboxylic acids is 1. The van der Waals surface area contributed by atoms with Gasteiger partial charge in [-0.05, 0) is 19.8 Å². The van der Waals surface area contributed by atoms with Gasteiger partial charge in [0.25, 0.3) is 0 Å². The van der Waals surface area contributed by atoms with Gasteiger partial charge >= 0.3 is 5.97 Å². The molecule has 0 radical (unpaired) electrons. The molecule has 0 amide bonds. The van der Waals surface area contributed by atoms with E-state index in [0.717, 1.165) is 6.26 Å². The smallest absolute Gasteiger partial charge is 0.309 e. The number of sulfonamides is 1. The van der Waals surface area contributed by atoms with E-state index in [4.69, 9.17) is 5.11 Å². The molecule has 0 bridgehead atoms. The lowest BCUT2D eigenvalue weighted by molar-refractivity contribution is -0.150. The number of piperidine rings is 1. The molecule has 0 aliphatic carbocycles. The molecule has 112 valence electrons. The summed E-state index contributed by atoms with van der Waals surface area (Å²) in [7, 11) is -6.96. The van der Waals surface area contributed by atoms with Crippen molar-refractivity contribution >= 4 is 25.8 Å². The van der Waals surface area contributed by atoms with Crippen LogP contribution in [0, 0.1) is 5.41 Å². The first kappa shape index (κ1) is 16.4. The summed E-state index contributed by atoms with van der Waals surface area (Å²) in [6, 6.07) is 0. The number of carboxylic acid groups (broad SMARTS) is 1. The highest BCUT2D eigenvalue weighted by Gasteiger charge is 2.39. The first-order chi connectivity index (χ1) is 8.46. The van der Waals surface area contributed by atoms with Gasteiger partial charge in [-0.15, -0.1) is 0 Å². The van der Waals surface area contributed by atoms with Gasteiger partial charge in [-0.3, -0.25) is 4.79 Å². The summed E-state index contributed by atoms with van der Waals surface area (Å²) in [5, 5.41) is 9.05. The van der Waals surface area contributed by atoms with Gasteiger partial charge in [-0.25, -0.2) is 21.1 Å². The Morgan fingerprint density at radius 1 is 1.16 bits per heavy atom. The maximum Gasteiger partial charge on any atom is 0.309 e. The molecular weight excluding hydrogens is 294 g/mol. The summed E-state index contributed by atoms with van der Waals surface area (Å²) in [4.78, 5) is 11.0. The van der Waals surface area contributed by atoms with Gasteiger partial charge < -0.3 is 5.11 Å². The average Bonchev–Trinajstić information content (AvgIpc) is 2.26. The lowest BCUT2D eigenvalue weighted by Gasteiger charge is -2.35. The number of sulfone groups is 1. The van der Waals surface area contributed by atoms with Gasteiger partial charge in [-0.1, -0.05) is 0 Å². The molecule has 19 heavy (non-hydrogen) atoms. The van der Waals surface area contributed by atoms with E-state index >= 15 is 0 Å². The number of carbonyl (C=O) groups is 1. The van der Waals surface area contributed by atoms with Gasteiger partial charge in [0, 0.05) is 19.3 Å². The Hall–Kier alpha value is -0.670. The summed E-state index contributed by atoms with van der Waals surface area (Å²) >= 11 is 0. The Bertz CT molecular complexity index is 543. The number of rotatable bonds is 5. The van der Waals surface area contributed by atoms with Gasteiger partial charge in [0.1, 0.15) is 9.84 Å². The molecule has 1 aliphatic heterocycles. The predicted octanol–water partition coefficient (Wildman–Crippen LogP) is -0.452. The maximum atomic E-state index is 11.9. The van der Waals surface area contributed by atoms with E-state index in [9.17, 15) is 21.6 Å². The minimum absolute atomic E-state index is 0.120. The molecule has 1 heterocycles. The second kappa shape index (κ2) is 5.37. The zero-order chi connectivity index (χ0) is 14.9. The molecule has 0 unspecified atom stereocenters. The predicted molar refractivity (Wildman–Crippen MR) is 70.0 cm³/mol. The van der Waals surface area contributed by atoms with Crippen molar-refractivity contribution in [1.82, 2.24) is 4.31 Å². The molecule has 1 saturated heterocycles. The van der Waals surface area contributed by atoms with Crippen molar-refractivity contribution in [1.29, 1.82) is 0 Å². The molecule has 0 atom stereocenters. The Kier molecular flexibility index (Phi) is 4.63. The van der Waals surface area contributed by atoms with Crippen LogP contribution in [0.15, 0.2) is 0 Å². The number of nitrogens with zero attached hydrogens (tertiary/aromatic N) is 1. The van der Waals surface area contributed by atoms with Crippen LogP contribution in [-0.4, -0.2) is 63.1 Å². The van der Waals surface area contributed by atoms with E-state index in [1.165, 1.54) is 4.31 Å². The fourth-order valence-electron chi connectivity index (χ4n) is 1.86. The number of hydrogen-bond donors (Lipinski definition) is 1. The summed E-state index contributed by atoms with van der Waals surface area (Å²) in [5.41, 5.74) is -0.900. The monoisotopic (exact) mass is 313 g/mol. The number of carboxylic acids is 1. The van der Waals surface area contributed by atoms with Crippen LogP contribution in [0.25, 0.3) is 0 Å². The molecule has 9 heteroatoms. The van der Waals surface area contributed by atoms with Crippen molar-refractivity contribution in [3.63, 3.8) is 0 Å². The second-order valence-electron chi connectivity index (χ2n) is 5.21. The second-order valence-corrected chi connectivity index (χ2v) is 9.56. The molecular formula is C10H19NO6S2. The zero-order valence-corrected chi connectivity index (χ0v) is 12.6. The van der Waals surface area contributed by atoms with E-state index in [-0.39, 0.29) is 25.9 Å². The van der Waals surface area contributed by atoms with Gasteiger partial charge in [0.05, 0.1) is 16.9 Å². The van der Waals surface area contributed by atoms with Crippen molar-refractivity contribution < 1.29 is 26.7 Å². The van der Waals surface area contributed by atoms with Crippen molar-refractivity contribution in [3.8, 4) is 0 Å². The van der Waals surface area contributed by atoms with Gasteiger partial charge in [0.2, 0.25) is 10.0 Å². The highest BCUT2D eigenvalue weighted by molar-refractivity contribution is 7.93. The van der Waals surface area contributed by atoms with Crippen LogP contribution >= 0.6 is 0 Å². The highest BCUT2D eigenvalue weighted by atomic mass is 32.2. The molecule has 1 N–H and O–H groups in total. The first-order valence-electron chi connectivity index (χ1n) is 5.85. The summed E-state index contributed by atoms with van der Waals surface area (Å²) in [5.74, 6) is -1.79. The molecule has 0 spiro atoms. The third-order valence-electron chi connectivity index (χ3n) is 3.45. The van der Waals surface area contributed by atoms with Crippen molar-refractivity contribution in [2.45, 2.75) is 19.8 Å². The highest BCUT2D eigenvalue weighted by Crippen LogP contribution is 2.32. The lowest BCUT2D eigenvalue weighted by atomic mass is 9.81. The SMILES string of the molecule is CC1(C(=O)O)CCN(S(=O)(=O)CCS(C)(=O)=O)CC1.